The fraction of sp³-hybridized carbons (Fsp3) is 0.211. The number of aryl methyl sites for hydroxylation is 1. The fourth-order valence-electron chi connectivity index (χ4n) is 2.08. The van der Waals surface area contributed by atoms with Gasteiger partial charge in [0, 0.05) is 21.2 Å². The molecule has 0 unspecified atom stereocenters. The number of carbonyl (C=O) groups excluding carboxylic acids is 3. The Morgan fingerprint density at radius 1 is 1.04 bits per heavy atom. The number of benzene rings is 2. The van der Waals surface area contributed by atoms with Gasteiger partial charge in [0.25, 0.3) is 5.91 Å². The second-order valence-electron chi connectivity index (χ2n) is 5.51. The van der Waals surface area contributed by atoms with E-state index in [0.717, 1.165) is 9.13 Å². The third-order valence-electron chi connectivity index (χ3n) is 3.40. The van der Waals surface area contributed by atoms with Gasteiger partial charge in [0.1, 0.15) is 0 Å². The molecule has 0 aliphatic rings. The molecule has 5 nitrogen and oxygen atoms in total. The Labute approximate surface area is 159 Å². The first-order valence-electron chi connectivity index (χ1n) is 7.75. The van der Waals surface area contributed by atoms with Crippen molar-refractivity contribution in [1.29, 1.82) is 0 Å². The maximum Gasteiger partial charge on any atom is 0.306 e. The lowest BCUT2D eigenvalue weighted by molar-refractivity contribution is -0.147. The van der Waals surface area contributed by atoms with Crippen LogP contribution in [0, 0.1) is 10.5 Å². The number of amides is 1. The maximum absolute atomic E-state index is 12.0. The number of nitrogens with one attached hydrogen (secondary N) is 1. The van der Waals surface area contributed by atoms with Gasteiger partial charge >= 0.3 is 5.97 Å². The van der Waals surface area contributed by atoms with E-state index in [9.17, 15) is 14.4 Å². The largest absolute Gasteiger partial charge is 0.456 e. The van der Waals surface area contributed by atoms with Crippen molar-refractivity contribution in [3.63, 3.8) is 0 Å². The Kier molecular flexibility index (Phi) is 7.12. The van der Waals surface area contributed by atoms with Crippen LogP contribution in [0.15, 0.2) is 48.5 Å². The van der Waals surface area contributed by atoms with Crippen LogP contribution in [0.3, 0.4) is 0 Å². The molecule has 0 fully saturated rings. The number of ether oxygens (including phenoxy) is 1. The van der Waals surface area contributed by atoms with Gasteiger partial charge < -0.3 is 10.1 Å². The van der Waals surface area contributed by atoms with E-state index in [0.29, 0.717) is 11.3 Å². The number of esters is 1. The van der Waals surface area contributed by atoms with Gasteiger partial charge in [-0.15, -0.1) is 0 Å². The predicted molar refractivity (Wildman–Crippen MR) is 103 cm³/mol. The van der Waals surface area contributed by atoms with Gasteiger partial charge in [-0.1, -0.05) is 35.9 Å². The van der Waals surface area contributed by atoms with Crippen molar-refractivity contribution in [2.45, 2.75) is 19.8 Å². The minimum absolute atomic E-state index is 0.0524. The molecule has 0 aliphatic heterocycles. The molecule has 0 atom stereocenters. The van der Waals surface area contributed by atoms with E-state index < -0.39 is 11.9 Å². The first-order chi connectivity index (χ1) is 11.9. The summed E-state index contributed by atoms with van der Waals surface area (Å²) in [7, 11) is 0. The average Bonchev–Trinajstić information content (AvgIpc) is 2.58. The molecule has 130 valence electrons. The van der Waals surface area contributed by atoms with Crippen LogP contribution >= 0.6 is 22.6 Å². The van der Waals surface area contributed by atoms with Gasteiger partial charge in [-0.2, -0.15) is 0 Å². The van der Waals surface area contributed by atoms with Crippen LogP contribution in [0.25, 0.3) is 0 Å². The lowest BCUT2D eigenvalue weighted by Crippen LogP contribution is -2.21. The molecule has 2 aromatic rings. The van der Waals surface area contributed by atoms with Gasteiger partial charge in [-0.3, -0.25) is 14.4 Å². The van der Waals surface area contributed by atoms with Crippen molar-refractivity contribution in [1.82, 2.24) is 0 Å². The highest BCUT2D eigenvalue weighted by Gasteiger charge is 2.12. The van der Waals surface area contributed by atoms with E-state index in [2.05, 4.69) is 27.9 Å². The van der Waals surface area contributed by atoms with Crippen LogP contribution in [0.1, 0.15) is 28.8 Å². The van der Waals surface area contributed by atoms with E-state index >= 15 is 0 Å². The number of hydrogen-bond acceptors (Lipinski definition) is 4. The number of Topliss-reactive ketones (excluding diaryl/α,β-unsaturated/α-hetero) is 1. The molecule has 0 heterocycles. The molecular weight excluding hydrogens is 433 g/mol. The zero-order valence-corrected chi connectivity index (χ0v) is 15.9. The highest BCUT2D eigenvalue weighted by atomic mass is 127. The number of rotatable bonds is 7. The Hall–Kier alpha value is -2.22. The summed E-state index contributed by atoms with van der Waals surface area (Å²) >= 11 is 2.14. The maximum atomic E-state index is 12.0. The SMILES string of the molecule is Cc1ccc(C(=O)CCC(=O)OCC(=O)Nc2cccc(I)c2)cc1. The van der Waals surface area contributed by atoms with Crippen LogP contribution in [-0.2, 0) is 14.3 Å². The summed E-state index contributed by atoms with van der Waals surface area (Å²) in [6.45, 7) is 1.57. The lowest BCUT2D eigenvalue weighted by atomic mass is 10.1. The molecule has 1 amide bonds. The first-order valence-corrected chi connectivity index (χ1v) is 8.83. The summed E-state index contributed by atoms with van der Waals surface area (Å²) in [4.78, 5) is 35.4. The molecule has 0 aromatic heterocycles. The molecule has 0 spiro atoms. The number of halogens is 1. The summed E-state index contributed by atoms with van der Waals surface area (Å²) < 4.78 is 5.89. The van der Waals surface area contributed by atoms with E-state index in [1.807, 2.05) is 31.2 Å². The monoisotopic (exact) mass is 451 g/mol. The molecule has 25 heavy (non-hydrogen) atoms. The summed E-state index contributed by atoms with van der Waals surface area (Å²) in [5.41, 5.74) is 2.27. The van der Waals surface area contributed by atoms with Crippen LogP contribution in [0.2, 0.25) is 0 Å². The van der Waals surface area contributed by atoms with Crippen molar-refractivity contribution >= 4 is 45.9 Å². The second-order valence-corrected chi connectivity index (χ2v) is 6.75. The normalized spacial score (nSPS) is 10.2. The van der Waals surface area contributed by atoms with Crippen LogP contribution in [0.4, 0.5) is 5.69 Å². The molecule has 1 N–H and O–H groups in total. The highest BCUT2D eigenvalue weighted by molar-refractivity contribution is 14.1. The van der Waals surface area contributed by atoms with Gasteiger partial charge in [0.15, 0.2) is 12.4 Å². The van der Waals surface area contributed by atoms with Crippen molar-refractivity contribution < 1.29 is 19.1 Å². The third kappa shape index (κ3) is 6.66. The molecule has 0 bridgehead atoms. The highest BCUT2D eigenvalue weighted by Crippen LogP contribution is 2.12. The molecule has 0 saturated carbocycles. The Bertz CT molecular complexity index is 771. The Morgan fingerprint density at radius 3 is 2.44 bits per heavy atom. The number of carbonyl (C=O) groups is 3. The summed E-state index contributed by atoms with van der Waals surface area (Å²) in [6, 6.07) is 14.4. The van der Waals surface area contributed by atoms with Gasteiger partial charge in [0.2, 0.25) is 0 Å². The average molecular weight is 451 g/mol. The zero-order valence-electron chi connectivity index (χ0n) is 13.8. The molecule has 2 aromatic carbocycles. The Balaban J connectivity index is 1.72. The molecule has 0 aliphatic carbocycles. The van der Waals surface area contributed by atoms with Crippen LogP contribution in [0.5, 0.6) is 0 Å². The van der Waals surface area contributed by atoms with E-state index in [-0.39, 0.29) is 25.2 Å². The van der Waals surface area contributed by atoms with Gasteiger partial charge in [0.05, 0.1) is 6.42 Å². The van der Waals surface area contributed by atoms with Crippen molar-refractivity contribution in [3.05, 3.63) is 63.2 Å². The topological polar surface area (TPSA) is 72.5 Å². The van der Waals surface area contributed by atoms with E-state index in [4.69, 9.17) is 4.74 Å². The summed E-state index contributed by atoms with van der Waals surface area (Å²) in [5.74, 6) is -1.11. The molecular formula is C19H18INO4. The van der Waals surface area contributed by atoms with Crippen molar-refractivity contribution in [2.75, 3.05) is 11.9 Å². The number of anilines is 1. The van der Waals surface area contributed by atoms with Gasteiger partial charge in [-0.25, -0.2) is 0 Å². The summed E-state index contributed by atoms with van der Waals surface area (Å²) in [5, 5.41) is 2.65. The van der Waals surface area contributed by atoms with Gasteiger partial charge in [-0.05, 0) is 47.7 Å². The molecule has 6 heteroatoms. The minimum atomic E-state index is -0.571. The smallest absolute Gasteiger partial charge is 0.306 e. The van der Waals surface area contributed by atoms with E-state index in [1.165, 1.54) is 0 Å². The third-order valence-corrected chi connectivity index (χ3v) is 4.07. The zero-order chi connectivity index (χ0) is 18.2. The molecule has 2 rings (SSSR count). The number of ketones is 1. The fourth-order valence-corrected chi connectivity index (χ4v) is 2.62. The quantitative estimate of drug-likeness (QED) is 0.396. The minimum Gasteiger partial charge on any atom is -0.456 e. The van der Waals surface area contributed by atoms with Crippen molar-refractivity contribution in [2.24, 2.45) is 0 Å². The predicted octanol–water partition coefficient (Wildman–Crippen LogP) is 3.74. The standard InChI is InChI=1S/C19H18INO4/c1-13-5-7-14(8-6-13)17(22)9-10-19(24)25-12-18(23)21-16-4-2-3-15(20)11-16/h2-8,11H,9-10,12H2,1H3,(H,21,23). The van der Waals surface area contributed by atoms with E-state index in [1.54, 1.807) is 24.3 Å². The first kappa shape index (κ1) is 19.1. The summed E-state index contributed by atoms with van der Waals surface area (Å²) in [6.07, 6.45) is 0.00359. The second kappa shape index (κ2) is 9.31. The van der Waals surface area contributed by atoms with Crippen LogP contribution in [-0.4, -0.2) is 24.3 Å². The molecule has 0 saturated heterocycles. The Morgan fingerprint density at radius 2 is 1.76 bits per heavy atom. The molecule has 0 radical (unpaired) electrons. The lowest BCUT2D eigenvalue weighted by Gasteiger charge is -2.07. The van der Waals surface area contributed by atoms with Crippen molar-refractivity contribution in [3.8, 4) is 0 Å². The number of hydrogen-bond donors (Lipinski definition) is 1. The van der Waals surface area contributed by atoms with Crippen LogP contribution < -0.4 is 5.32 Å².